The average Bonchev–Trinajstić information content (AvgIpc) is 2.69. The number of methoxy groups -OCH3 is 1. The van der Waals surface area contributed by atoms with Crippen LogP contribution in [0.2, 0.25) is 10.0 Å². The van der Waals surface area contributed by atoms with E-state index in [0.717, 1.165) is 0 Å². The number of benzene rings is 2. The van der Waals surface area contributed by atoms with Crippen molar-refractivity contribution in [2.75, 3.05) is 19.0 Å². The molecule has 0 radical (unpaired) electrons. The van der Waals surface area contributed by atoms with Gasteiger partial charge in [0.05, 0.1) is 28.4 Å². The predicted octanol–water partition coefficient (Wildman–Crippen LogP) is 3.05. The lowest BCUT2D eigenvalue weighted by molar-refractivity contribution is -0.123. The van der Waals surface area contributed by atoms with Crippen LogP contribution in [0.3, 0.4) is 0 Å². The van der Waals surface area contributed by atoms with Gasteiger partial charge in [0.25, 0.3) is 11.8 Å². The molecule has 0 heterocycles. The molecule has 1 atom stereocenters. The van der Waals surface area contributed by atoms with Gasteiger partial charge in [0.1, 0.15) is 0 Å². The van der Waals surface area contributed by atoms with Crippen molar-refractivity contribution >= 4 is 46.7 Å². The second-order valence-corrected chi connectivity index (χ2v) is 6.54. The Bertz CT molecular complexity index is 935. The smallest absolute Gasteiger partial charge is 0.339 e. The van der Waals surface area contributed by atoms with E-state index >= 15 is 0 Å². The first-order valence-electron chi connectivity index (χ1n) is 8.28. The van der Waals surface area contributed by atoms with E-state index in [-0.39, 0.29) is 33.7 Å². The monoisotopic (exact) mass is 440 g/mol. The van der Waals surface area contributed by atoms with Gasteiger partial charge in [0.15, 0.2) is 24.2 Å². The van der Waals surface area contributed by atoms with Crippen LogP contribution in [-0.4, -0.2) is 37.6 Å². The quantitative estimate of drug-likeness (QED) is 0.609. The Morgan fingerprint density at radius 2 is 1.86 bits per heavy atom. The third kappa shape index (κ3) is 6.00. The summed E-state index contributed by atoms with van der Waals surface area (Å²) < 4.78 is 15.5. The Hall–Kier alpha value is -2.97. The fourth-order valence-corrected chi connectivity index (χ4v) is 2.53. The minimum absolute atomic E-state index is 0.119. The number of anilines is 1. The highest BCUT2D eigenvalue weighted by Crippen LogP contribution is 2.30. The van der Waals surface area contributed by atoms with Crippen molar-refractivity contribution in [2.45, 2.75) is 13.0 Å². The number of esters is 1. The van der Waals surface area contributed by atoms with Gasteiger partial charge >= 0.3 is 5.97 Å². The summed E-state index contributed by atoms with van der Waals surface area (Å²) in [7, 11) is 1.37. The third-order valence-corrected chi connectivity index (χ3v) is 4.45. The molecule has 0 saturated carbocycles. The molecule has 0 fully saturated rings. The van der Waals surface area contributed by atoms with Crippen LogP contribution in [0, 0.1) is 0 Å². The van der Waals surface area contributed by atoms with Crippen molar-refractivity contribution in [3.8, 4) is 11.5 Å². The van der Waals surface area contributed by atoms with Gasteiger partial charge in [-0.1, -0.05) is 29.3 Å². The molecule has 29 heavy (non-hydrogen) atoms. The number of nitrogens with one attached hydrogen (secondary N) is 1. The zero-order chi connectivity index (χ0) is 21.6. The molecule has 0 aliphatic carbocycles. The van der Waals surface area contributed by atoms with E-state index in [9.17, 15) is 14.4 Å². The van der Waals surface area contributed by atoms with Crippen LogP contribution >= 0.6 is 23.2 Å². The van der Waals surface area contributed by atoms with Crippen molar-refractivity contribution in [1.82, 2.24) is 0 Å². The molecule has 2 amide bonds. The number of hydrogen-bond acceptors (Lipinski definition) is 6. The minimum atomic E-state index is -1.12. The largest absolute Gasteiger partial charge is 0.493 e. The Morgan fingerprint density at radius 3 is 2.52 bits per heavy atom. The van der Waals surface area contributed by atoms with E-state index < -0.39 is 23.9 Å². The van der Waals surface area contributed by atoms with Gasteiger partial charge in [-0.25, -0.2) is 4.79 Å². The molecule has 3 N–H and O–H groups in total. The lowest BCUT2D eigenvalue weighted by atomic mass is 10.2. The first kappa shape index (κ1) is 22.3. The summed E-state index contributed by atoms with van der Waals surface area (Å²) in [6.07, 6.45) is -1.12. The number of nitrogens with two attached hydrogens (primary N) is 1. The highest BCUT2D eigenvalue weighted by Gasteiger charge is 2.21. The lowest BCUT2D eigenvalue weighted by Gasteiger charge is -2.15. The highest BCUT2D eigenvalue weighted by atomic mass is 35.5. The van der Waals surface area contributed by atoms with Crippen molar-refractivity contribution < 1.29 is 28.6 Å². The lowest BCUT2D eigenvalue weighted by Crippen LogP contribution is -2.30. The van der Waals surface area contributed by atoms with Crippen molar-refractivity contribution in [1.29, 1.82) is 0 Å². The summed E-state index contributed by atoms with van der Waals surface area (Å²) >= 11 is 11.9. The maximum Gasteiger partial charge on any atom is 0.339 e. The van der Waals surface area contributed by atoms with E-state index in [2.05, 4.69) is 5.32 Å². The van der Waals surface area contributed by atoms with Crippen molar-refractivity contribution in [3.05, 3.63) is 52.0 Å². The van der Waals surface area contributed by atoms with Crippen LogP contribution in [0.25, 0.3) is 0 Å². The molecule has 0 bridgehead atoms. The van der Waals surface area contributed by atoms with E-state index in [1.807, 2.05) is 0 Å². The van der Waals surface area contributed by atoms with Gasteiger partial charge in [-0.05, 0) is 37.3 Å². The minimum Gasteiger partial charge on any atom is -0.493 e. The third-order valence-electron chi connectivity index (χ3n) is 3.63. The molecule has 0 saturated heterocycles. The van der Waals surface area contributed by atoms with Gasteiger partial charge < -0.3 is 25.3 Å². The summed E-state index contributed by atoms with van der Waals surface area (Å²) in [5.41, 5.74) is 5.45. The molecule has 0 aliphatic heterocycles. The number of carbonyl (C=O) groups excluding carboxylic acids is 3. The highest BCUT2D eigenvalue weighted by molar-refractivity contribution is 6.44. The average molecular weight is 441 g/mol. The topological polar surface area (TPSA) is 117 Å². The molecule has 2 aromatic rings. The molecular weight excluding hydrogens is 423 g/mol. The van der Waals surface area contributed by atoms with Crippen molar-refractivity contribution in [2.24, 2.45) is 5.73 Å². The molecule has 10 heteroatoms. The molecule has 8 nitrogen and oxygen atoms in total. The van der Waals surface area contributed by atoms with Crippen LogP contribution in [-0.2, 0) is 14.3 Å². The molecular formula is C19H18Cl2N2O6. The van der Waals surface area contributed by atoms with E-state index in [0.29, 0.717) is 5.69 Å². The molecule has 0 aromatic heterocycles. The molecule has 1 unspecified atom stereocenters. The predicted molar refractivity (Wildman–Crippen MR) is 108 cm³/mol. The number of hydrogen-bond donors (Lipinski definition) is 2. The van der Waals surface area contributed by atoms with Crippen molar-refractivity contribution in [3.63, 3.8) is 0 Å². The van der Waals surface area contributed by atoms with Gasteiger partial charge in [-0.2, -0.15) is 0 Å². The number of rotatable bonds is 8. The first-order chi connectivity index (χ1) is 13.7. The summed E-state index contributed by atoms with van der Waals surface area (Å²) in [5, 5.41) is 3.00. The number of amides is 2. The number of halogens is 2. The number of carbonyl (C=O) groups is 3. The van der Waals surface area contributed by atoms with Crippen LogP contribution in [0.1, 0.15) is 17.3 Å². The van der Waals surface area contributed by atoms with E-state index in [1.165, 1.54) is 32.2 Å². The number of ether oxygens (including phenoxy) is 3. The molecule has 154 valence electrons. The normalized spacial score (nSPS) is 11.3. The first-order valence-corrected chi connectivity index (χ1v) is 9.03. The molecule has 2 aromatic carbocycles. The van der Waals surface area contributed by atoms with Gasteiger partial charge in [-0.15, -0.1) is 0 Å². The molecule has 2 rings (SSSR count). The summed E-state index contributed by atoms with van der Waals surface area (Å²) in [4.78, 5) is 35.5. The fourth-order valence-electron chi connectivity index (χ4n) is 2.18. The Morgan fingerprint density at radius 1 is 1.14 bits per heavy atom. The fraction of sp³-hybridized carbons (Fsp3) is 0.211. The van der Waals surface area contributed by atoms with Crippen LogP contribution < -0.4 is 20.5 Å². The van der Waals surface area contributed by atoms with Crippen LogP contribution in [0.5, 0.6) is 11.5 Å². The van der Waals surface area contributed by atoms with Crippen LogP contribution in [0.15, 0.2) is 36.4 Å². The zero-order valence-electron chi connectivity index (χ0n) is 15.5. The SMILES string of the molecule is COc1cc(C(=O)OC(C)C(=O)Nc2cccc(Cl)c2Cl)ccc1OCC(N)=O. The second-order valence-electron chi connectivity index (χ2n) is 5.76. The summed E-state index contributed by atoms with van der Waals surface area (Å²) in [6.45, 7) is 1.07. The maximum absolute atomic E-state index is 12.4. The van der Waals surface area contributed by atoms with E-state index in [1.54, 1.807) is 18.2 Å². The molecule has 0 aliphatic rings. The van der Waals surface area contributed by atoms with Gasteiger partial charge in [-0.3, -0.25) is 9.59 Å². The van der Waals surface area contributed by atoms with E-state index in [4.69, 9.17) is 43.1 Å². The Kier molecular flexibility index (Phi) is 7.69. The summed E-state index contributed by atoms with van der Waals surface area (Å²) in [6, 6.07) is 8.95. The standard InChI is InChI=1S/C19H18Cl2N2O6/c1-10(18(25)23-13-5-3-4-12(20)17(13)21)29-19(26)11-6-7-14(15(8-11)27-2)28-9-16(22)24/h3-8,10H,9H2,1-2H3,(H2,22,24)(H,23,25). The zero-order valence-corrected chi connectivity index (χ0v) is 17.0. The van der Waals surface area contributed by atoms with Crippen LogP contribution in [0.4, 0.5) is 5.69 Å². The summed E-state index contributed by atoms with van der Waals surface area (Å²) in [5.74, 6) is -1.58. The Labute approximate surface area is 176 Å². The number of primary amides is 1. The second kappa shape index (κ2) is 9.99. The maximum atomic E-state index is 12.4. The Balaban J connectivity index is 2.05. The van der Waals surface area contributed by atoms with Gasteiger partial charge in [0, 0.05) is 0 Å². The van der Waals surface area contributed by atoms with Gasteiger partial charge in [0.2, 0.25) is 0 Å². The molecule has 0 spiro atoms.